The third-order valence-electron chi connectivity index (χ3n) is 4.86. The minimum atomic E-state index is 0.129. The lowest BCUT2D eigenvalue weighted by molar-refractivity contribution is 0.186. The molecule has 2 heterocycles. The minimum absolute atomic E-state index is 0.129. The fourth-order valence-corrected chi connectivity index (χ4v) is 3.73. The van der Waals surface area contributed by atoms with E-state index < -0.39 is 0 Å². The average molecular weight is 334 g/mol. The van der Waals surface area contributed by atoms with E-state index in [1.165, 1.54) is 5.56 Å². The number of H-pyrrole nitrogens is 1. The van der Waals surface area contributed by atoms with Crippen LogP contribution in [-0.2, 0) is 0 Å². The maximum Gasteiger partial charge on any atom is 0.126 e. The van der Waals surface area contributed by atoms with Crippen molar-refractivity contribution in [3.8, 4) is 5.75 Å². The van der Waals surface area contributed by atoms with Gasteiger partial charge in [-0.2, -0.15) is 5.10 Å². The van der Waals surface area contributed by atoms with Gasteiger partial charge in [0.1, 0.15) is 5.75 Å². The molecule has 1 aliphatic rings. The maximum absolute atomic E-state index is 6.55. The highest BCUT2D eigenvalue weighted by Crippen LogP contribution is 2.44. The lowest BCUT2D eigenvalue weighted by atomic mass is 9.84. The summed E-state index contributed by atoms with van der Waals surface area (Å²) in [4.78, 5) is 2.31. The Bertz CT molecular complexity index is 719. The van der Waals surface area contributed by atoms with E-state index in [-0.39, 0.29) is 5.92 Å². The summed E-state index contributed by atoms with van der Waals surface area (Å²) in [6, 6.07) is 4.12. The van der Waals surface area contributed by atoms with Crippen molar-refractivity contribution >= 4 is 11.6 Å². The summed E-state index contributed by atoms with van der Waals surface area (Å²) in [6.07, 6.45) is 0. The highest BCUT2D eigenvalue weighted by molar-refractivity contribution is 6.31. The Morgan fingerprint density at radius 3 is 2.57 bits per heavy atom. The number of rotatable bonds is 4. The zero-order valence-corrected chi connectivity index (χ0v) is 15.2. The van der Waals surface area contributed by atoms with Crippen molar-refractivity contribution in [1.82, 2.24) is 15.1 Å². The molecule has 1 fully saturated rings. The Balaban J connectivity index is 2.09. The fourth-order valence-electron chi connectivity index (χ4n) is 3.51. The molecule has 0 saturated carbocycles. The minimum Gasteiger partial charge on any atom is -0.496 e. The quantitative estimate of drug-likeness (QED) is 0.923. The standard InChI is InChI=1S/C18H24ClN3O/c1-10-6-16(21-20-10)11(2)14-7-15(19)12(3)17(18(14)23-5)13-8-22(4)9-13/h6-7,11,13H,8-9H2,1-5H3,(H,20,21). The van der Waals surface area contributed by atoms with Crippen LogP contribution in [0.2, 0.25) is 5.02 Å². The highest BCUT2D eigenvalue weighted by atomic mass is 35.5. The van der Waals surface area contributed by atoms with Gasteiger partial charge < -0.3 is 9.64 Å². The van der Waals surface area contributed by atoms with Crippen molar-refractivity contribution in [2.45, 2.75) is 32.6 Å². The topological polar surface area (TPSA) is 41.1 Å². The Kier molecular flexibility index (Phi) is 4.39. The Morgan fingerprint density at radius 1 is 1.35 bits per heavy atom. The van der Waals surface area contributed by atoms with Crippen LogP contribution in [-0.4, -0.2) is 42.3 Å². The molecule has 0 aliphatic carbocycles. The number of aromatic amines is 1. The molecule has 5 heteroatoms. The zero-order chi connectivity index (χ0) is 16.7. The molecule has 3 rings (SSSR count). The van der Waals surface area contributed by atoms with Gasteiger partial charge in [-0.25, -0.2) is 0 Å². The first-order chi connectivity index (χ1) is 10.9. The summed E-state index contributed by atoms with van der Waals surface area (Å²) in [5.41, 5.74) is 5.57. The van der Waals surface area contributed by atoms with E-state index >= 15 is 0 Å². The molecule has 1 aromatic heterocycles. The molecule has 4 nitrogen and oxygen atoms in total. The summed E-state index contributed by atoms with van der Waals surface area (Å²) >= 11 is 6.55. The molecule has 1 atom stereocenters. The van der Waals surface area contributed by atoms with Gasteiger partial charge in [-0.1, -0.05) is 18.5 Å². The molecular formula is C18H24ClN3O. The highest BCUT2D eigenvalue weighted by Gasteiger charge is 2.32. The molecule has 124 valence electrons. The molecule has 1 N–H and O–H groups in total. The number of aryl methyl sites for hydroxylation is 1. The third-order valence-corrected chi connectivity index (χ3v) is 5.26. The normalized spacial score (nSPS) is 17.1. The number of halogens is 1. The van der Waals surface area contributed by atoms with Gasteiger partial charge in [0.05, 0.1) is 12.8 Å². The van der Waals surface area contributed by atoms with Crippen LogP contribution >= 0.6 is 11.6 Å². The van der Waals surface area contributed by atoms with Crippen molar-refractivity contribution < 1.29 is 4.74 Å². The van der Waals surface area contributed by atoms with Crippen LogP contribution < -0.4 is 4.74 Å². The first-order valence-corrected chi connectivity index (χ1v) is 8.37. The number of likely N-dealkylation sites (N-methyl/N-ethyl adjacent to an activating group) is 1. The Hall–Kier alpha value is -1.52. The molecule has 0 radical (unpaired) electrons. The second kappa shape index (κ2) is 6.17. The number of nitrogens with zero attached hydrogens (tertiary/aromatic N) is 2. The van der Waals surface area contributed by atoms with Gasteiger partial charge in [0, 0.05) is 46.8 Å². The molecular weight excluding hydrogens is 310 g/mol. The second-order valence-corrected chi connectivity index (χ2v) is 7.04. The molecule has 0 bridgehead atoms. The van der Waals surface area contributed by atoms with Crippen LogP contribution in [0.15, 0.2) is 12.1 Å². The van der Waals surface area contributed by atoms with E-state index in [9.17, 15) is 0 Å². The van der Waals surface area contributed by atoms with Gasteiger partial charge in [0.2, 0.25) is 0 Å². The predicted octanol–water partition coefficient (Wildman–Crippen LogP) is 3.87. The fraction of sp³-hybridized carbons (Fsp3) is 0.500. The van der Waals surface area contributed by atoms with Crippen LogP contribution in [0.25, 0.3) is 0 Å². The summed E-state index contributed by atoms with van der Waals surface area (Å²) in [7, 11) is 3.89. The Labute approximate surface area is 142 Å². The zero-order valence-electron chi connectivity index (χ0n) is 14.4. The van der Waals surface area contributed by atoms with E-state index in [1.54, 1.807) is 7.11 Å². The van der Waals surface area contributed by atoms with Crippen LogP contribution in [0.3, 0.4) is 0 Å². The number of benzene rings is 1. The van der Waals surface area contributed by atoms with Gasteiger partial charge in [0.25, 0.3) is 0 Å². The summed E-state index contributed by atoms with van der Waals surface area (Å²) in [5.74, 6) is 1.59. The smallest absolute Gasteiger partial charge is 0.126 e. The third kappa shape index (κ3) is 2.86. The first-order valence-electron chi connectivity index (χ1n) is 7.99. The molecule has 0 spiro atoms. The van der Waals surface area contributed by atoms with E-state index in [1.807, 2.05) is 13.0 Å². The summed E-state index contributed by atoms with van der Waals surface area (Å²) in [6.45, 7) is 8.35. The van der Waals surface area contributed by atoms with Crippen molar-refractivity contribution in [3.05, 3.63) is 45.2 Å². The van der Waals surface area contributed by atoms with Gasteiger partial charge in [0.15, 0.2) is 0 Å². The van der Waals surface area contributed by atoms with E-state index in [0.717, 1.165) is 46.4 Å². The van der Waals surface area contributed by atoms with Gasteiger partial charge >= 0.3 is 0 Å². The van der Waals surface area contributed by atoms with Crippen LogP contribution in [0.5, 0.6) is 5.75 Å². The second-order valence-electron chi connectivity index (χ2n) is 6.64. The van der Waals surface area contributed by atoms with Crippen LogP contribution in [0.1, 0.15) is 46.8 Å². The van der Waals surface area contributed by atoms with Crippen LogP contribution in [0, 0.1) is 13.8 Å². The van der Waals surface area contributed by atoms with E-state index in [0.29, 0.717) is 5.92 Å². The number of likely N-dealkylation sites (tertiary alicyclic amines) is 1. The number of aromatic nitrogens is 2. The average Bonchev–Trinajstić information content (AvgIpc) is 2.92. The van der Waals surface area contributed by atoms with Crippen molar-refractivity contribution in [2.24, 2.45) is 0 Å². The summed E-state index contributed by atoms with van der Waals surface area (Å²) in [5, 5.41) is 8.24. The first kappa shape index (κ1) is 16.3. The molecule has 23 heavy (non-hydrogen) atoms. The molecule has 1 saturated heterocycles. The predicted molar refractivity (Wildman–Crippen MR) is 93.8 cm³/mol. The summed E-state index contributed by atoms with van der Waals surface area (Å²) < 4.78 is 5.84. The molecule has 2 aromatic rings. The molecule has 1 aliphatic heterocycles. The van der Waals surface area contributed by atoms with Gasteiger partial charge in [-0.05, 0) is 38.6 Å². The largest absolute Gasteiger partial charge is 0.496 e. The van der Waals surface area contributed by atoms with Gasteiger partial charge in [-0.15, -0.1) is 0 Å². The van der Waals surface area contributed by atoms with E-state index in [2.05, 4.69) is 42.1 Å². The van der Waals surface area contributed by atoms with Crippen molar-refractivity contribution in [1.29, 1.82) is 0 Å². The number of ether oxygens (including phenoxy) is 1. The Morgan fingerprint density at radius 2 is 2.04 bits per heavy atom. The molecule has 1 aromatic carbocycles. The molecule has 0 amide bonds. The SMILES string of the molecule is COc1c(C(C)c2cc(C)[nH]n2)cc(Cl)c(C)c1C1CN(C)C1. The number of methoxy groups -OCH3 is 1. The number of nitrogens with one attached hydrogen (secondary N) is 1. The van der Waals surface area contributed by atoms with Crippen molar-refractivity contribution in [3.63, 3.8) is 0 Å². The van der Waals surface area contributed by atoms with E-state index in [4.69, 9.17) is 16.3 Å². The van der Waals surface area contributed by atoms with Crippen LogP contribution in [0.4, 0.5) is 0 Å². The monoisotopic (exact) mass is 333 g/mol. The van der Waals surface area contributed by atoms with Gasteiger partial charge in [-0.3, -0.25) is 5.10 Å². The number of hydrogen-bond donors (Lipinski definition) is 1. The van der Waals surface area contributed by atoms with Crippen molar-refractivity contribution in [2.75, 3.05) is 27.2 Å². The lowest BCUT2D eigenvalue weighted by Crippen LogP contribution is -2.42. The lowest BCUT2D eigenvalue weighted by Gasteiger charge is -2.38. The maximum atomic E-state index is 6.55. The number of hydrogen-bond acceptors (Lipinski definition) is 3. The molecule has 1 unspecified atom stereocenters.